The van der Waals surface area contributed by atoms with Crippen molar-refractivity contribution in [1.82, 2.24) is 14.8 Å². The number of rotatable bonds is 9. The summed E-state index contributed by atoms with van der Waals surface area (Å²) < 4.78 is 2.10. The van der Waals surface area contributed by atoms with Crippen molar-refractivity contribution in [2.75, 3.05) is 19.6 Å². The van der Waals surface area contributed by atoms with Crippen LogP contribution in [-0.4, -0.2) is 40.2 Å². The number of hydrogen-bond donors (Lipinski definition) is 2. The van der Waals surface area contributed by atoms with Gasteiger partial charge in [-0.15, -0.1) is 0 Å². The van der Waals surface area contributed by atoms with Gasteiger partial charge in [0.2, 0.25) is 0 Å². The van der Waals surface area contributed by atoms with Crippen LogP contribution < -0.4 is 5.32 Å². The van der Waals surface area contributed by atoms with E-state index < -0.39 is 5.97 Å². The predicted molar refractivity (Wildman–Crippen MR) is 142 cm³/mol. The molecule has 5 nitrogen and oxygen atoms in total. The van der Waals surface area contributed by atoms with Crippen molar-refractivity contribution < 1.29 is 9.90 Å². The monoisotopic (exact) mass is 493 g/mol. The molecule has 0 spiro atoms. The van der Waals surface area contributed by atoms with E-state index in [1.54, 1.807) is 0 Å². The van der Waals surface area contributed by atoms with E-state index >= 15 is 0 Å². The Bertz CT molecular complexity index is 1140. The van der Waals surface area contributed by atoms with Gasteiger partial charge in [-0.05, 0) is 82.4 Å². The number of likely N-dealkylation sites (tertiary alicyclic amines) is 1. The summed E-state index contributed by atoms with van der Waals surface area (Å²) >= 11 is 6.02. The fourth-order valence-electron chi connectivity index (χ4n) is 5.16. The van der Waals surface area contributed by atoms with E-state index in [-0.39, 0.29) is 0 Å². The number of nitrogens with one attached hydrogen (secondary N) is 1. The maximum Gasteiger partial charge on any atom is 0.337 e. The van der Waals surface area contributed by atoms with Gasteiger partial charge in [-0.2, -0.15) is 0 Å². The molecule has 2 aromatic carbocycles. The SMILES string of the molecule is Cc1ccc(CN2CCC(CNCc3c(C(=O)O)c(C)n(Cc4ccc(Cl)cc4)c3C)CC2)cc1. The van der Waals surface area contributed by atoms with E-state index in [1.807, 2.05) is 38.1 Å². The fraction of sp³-hybridized carbons (Fsp3) is 0.414. The molecule has 1 fully saturated rings. The molecule has 2 N–H and O–H groups in total. The Labute approximate surface area is 213 Å². The number of piperidine rings is 1. The maximum absolute atomic E-state index is 12.1. The standard InChI is InChI=1S/C29H36ClN3O2/c1-20-4-6-24(7-5-20)18-32-14-12-23(13-15-32)16-31-17-27-21(2)33(22(3)28(27)29(34)35)19-25-8-10-26(30)11-9-25/h4-11,23,31H,12-19H2,1-3H3,(H,34,35). The highest BCUT2D eigenvalue weighted by Crippen LogP contribution is 2.25. The molecule has 35 heavy (non-hydrogen) atoms. The molecule has 0 bridgehead atoms. The van der Waals surface area contributed by atoms with E-state index in [1.165, 1.54) is 24.0 Å². The number of carbonyl (C=O) groups is 1. The second-order valence-electron chi connectivity index (χ2n) is 9.88. The smallest absolute Gasteiger partial charge is 0.337 e. The molecule has 0 unspecified atom stereocenters. The first-order chi connectivity index (χ1) is 16.8. The van der Waals surface area contributed by atoms with Crippen LogP contribution in [0.4, 0.5) is 0 Å². The largest absolute Gasteiger partial charge is 0.478 e. The average molecular weight is 494 g/mol. The topological polar surface area (TPSA) is 57.5 Å². The molecule has 0 aliphatic carbocycles. The highest BCUT2D eigenvalue weighted by molar-refractivity contribution is 6.30. The van der Waals surface area contributed by atoms with Crippen molar-refractivity contribution in [3.05, 3.63) is 92.8 Å². The second-order valence-corrected chi connectivity index (χ2v) is 10.3. The van der Waals surface area contributed by atoms with Crippen LogP contribution in [0, 0.1) is 26.7 Å². The molecule has 186 valence electrons. The third-order valence-electron chi connectivity index (χ3n) is 7.35. The zero-order valence-electron chi connectivity index (χ0n) is 21.0. The van der Waals surface area contributed by atoms with E-state index in [9.17, 15) is 9.90 Å². The Morgan fingerprint density at radius 1 is 0.943 bits per heavy atom. The fourth-order valence-corrected chi connectivity index (χ4v) is 5.29. The van der Waals surface area contributed by atoms with Crippen LogP contribution in [-0.2, 0) is 19.6 Å². The number of aromatic carboxylic acids is 1. The lowest BCUT2D eigenvalue weighted by Gasteiger charge is -2.32. The number of nitrogens with zero attached hydrogens (tertiary/aromatic N) is 2. The molecule has 1 saturated heterocycles. The Morgan fingerprint density at radius 3 is 2.17 bits per heavy atom. The summed E-state index contributed by atoms with van der Waals surface area (Å²) in [4.78, 5) is 14.6. The van der Waals surface area contributed by atoms with Gasteiger partial charge in [-0.3, -0.25) is 4.90 Å². The average Bonchev–Trinajstić information content (AvgIpc) is 3.07. The molecule has 1 aliphatic heterocycles. The molecule has 2 heterocycles. The molecular formula is C29H36ClN3O2. The number of carboxylic acids is 1. The zero-order valence-corrected chi connectivity index (χ0v) is 21.7. The Kier molecular flexibility index (Phi) is 8.32. The summed E-state index contributed by atoms with van der Waals surface area (Å²) in [5.74, 6) is -0.239. The minimum Gasteiger partial charge on any atom is -0.478 e. The van der Waals surface area contributed by atoms with Gasteiger partial charge in [0.15, 0.2) is 0 Å². The quantitative estimate of drug-likeness (QED) is 0.394. The van der Waals surface area contributed by atoms with Crippen LogP contribution >= 0.6 is 11.6 Å². The lowest BCUT2D eigenvalue weighted by molar-refractivity contribution is 0.0694. The van der Waals surface area contributed by atoms with Crippen molar-refractivity contribution in [2.24, 2.45) is 5.92 Å². The molecule has 3 aromatic rings. The van der Waals surface area contributed by atoms with Gasteiger partial charge in [0.25, 0.3) is 0 Å². The summed E-state index contributed by atoms with van der Waals surface area (Å²) in [6, 6.07) is 16.6. The molecule has 0 saturated carbocycles. The van der Waals surface area contributed by atoms with Gasteiger partial charge in [0.05, 0.1) is 5.56 Å². The van der Waals surface area contributed by atoms with Crippen LogP contribution in [0.2, 0.25) is 5.02 Å². The zero-order chi connectivity index (χ0) is 24.9. The Morgan fingerprint density at radius 2 is 1.54 bits per heavy atom. The van der Waals surface area contributed by atoms with Gasteiger partial charge >= 0.3 is 5.97 Å². The maximum atomic E-state index is 12.1. The first-order valence-electron chi connectivity index (χ1n) is 12.5. The van der Waals surface area contributed by atoms with E-state index in [4.69, 9.17) is 11.6 Å². The van der Waals surface area contributed by atoms with Gasteiger partial charge in [-0.25, -0.2) is 4.79 Å². The highest BCUT2D eigenvalue weighted by atomic mass is 35.5. The van der Waals surface area contributed by atoms with Crippen LogP contribution in [0.25, 0.3) is 0 Å². The summed E-state index contributed by atoms with van der Waals surface area (Å²) in [6.45, 7) is 11.4. The lowest BCUT2D eigenvalue weighted by atomic mass is 9.96. The van der Waals surface area contributed by atoms with Crippen LogP contribution in [0.15, 0.2) is 48.5 Å². The normalized spacial score (nSPS) is 15.0. The van der Waals surface area contributed by atoms with Gasteiger partial charge < -0.3 is 15.0 Å². The predicted octanol–water partition coefficient (Wildman–Crippen LogP) is 5.82. The summed E-state index contributed by atoms with van der Waals surface area (Å²) in [6.07, 6.45) is 2.33. The van der Waals surface area contributed by atoms with E-state index in [0.29, 0.717) is 29.6 Å². The van der Waals surface area contributed by atoms with E-state index in [2.05, 4.69) is 46.0 Å². The molecule has 0 atom stereocenters. The van der Waals surface area contributed by atoms with Crippen molar-refractivity contribution in [3.63, 3.8) is 0 Å². The molecule has 4 rings (SSSR count). The van der Waals surface area contributed by atoms with E-state index in [0.717, 1.165) is 48.7 Å². The van der Waals surface area contributed by atoms with Crippen molar-refractivity contribution in [3.8, 4) is 0 Å². The summed E-state index contributed by atoms with van der Waals surface area (Å²) in [7, 11) is 0. The minimum atomic E-state index is -0.860. The third-order valence-corrected chi connectivity index (χ3v) is 7.60. The summed E-state index contributed by atoms with van der Waals surface area (Å²) in [5.41, 5.74) is 6.90. The first-order valence-corrected chi connectivity index (χ1v) is 12.8. The minimum absolute atomic E-state index is 0.428. The molecule has 1 aromatic heterocycles. The molecule has 6 heteroatoms. The molecule has 0 radical (unpaired) electrons. The molecule has 0 amide bonds. The second kappa shape index (κ2) is 11.4. The Hall–Kier alpha value is -2.60. The Balaban J connectivity index is 1.33. The number of halogens is 1. The highest BCUT2D eigenvalue weighted by Gasteiger charge is 2.24. The molecule has 1 aliphatic rings. The number of aromatic nitrogens is 1. The van der Waals surface area contributed by atoms with Crippen molar-refractivity contribution in [2.45, 2.75) is 53.2 Å². The summed E-state index contributed by atoms with van der Waals surface area (Å²) in [5, 5.41) is 14.2. The number of hydrogen-bond acceptors (Lipinski definition) is 3. The van der Waals surface area contributed by atoms with Gasteiger partial charge in [0, 0.05) is 41.6 Å². The number of carboxylic acid groups (broad SMARTS) is 1. The van der Waals surface area contributed by atoms with Crippen LogP contribution in [0.3, 0.4) is 0 Å². The first kappa shape index (κ1) is 25.5. The lowest BCUT2D eigenvalue weighted by Crippen LogP contribution is -2.36. The van der Waals surface area contributed by atoms with Crippen molar-refractivity contribution >= 4 is 17.6 Å². The number of aryl methyl sites for hydroxylation is 1. The molecular weight excluding hydrogens is 458 g/mol. The van der Waals surface area contributed by atoms with Crippen molar-refractivity contribution in [1.29, 1.82) is 0 Å². The van der Waals surface area contributed by atoms with Gasteiger partial charge in [-0.1, -0.05) is 53.6 Å². The van der Waals surface area contributed by atoms with Crippen LogP contribution in [0.5, 0.6) is 0 Å². The van der Waals surface area contributed by atoms with Crippen LogP contribution in [0.1, 0.15) is 56.8 Å². The van der Waals surface area contributed by atoms with Gasteiger partial charge in [0.1, 0.15) is 0 Å². The number of benzene rings is 2. The third kappa shape index (κ3) is 6.35.